The number of aryl methyl sites for hydroxylation is 1. The second-order valence-electron chi connectivity index (χ2n) is 4.00. The van der Waals surface area contributed by atoms with Crippen molar-refractivity contribution in [2.75, 3.05) is 6.54 Å². The fourth-order valence-electron chi connectivity index (χ4n) is 1.67. The van der Waals surface area contributed by atoms with Crippen LogP contribution in [0.5, 0.6) is 0 Å². The molecule has 0 saturated carbocycles. The van der Waals surface area contributed by atoms with Gasteiger partial charge in [-0.3, -0.25) is 9.48 Å². The minimum atomic E-state index is -0.0644. The predicted molar refractivity (Wildman–Crippen MR) is 72.9 cm³/mol. The van der Waals surface area contributed by atoms with E-state index in [-0.39, 0.29) is 5.91 Å². The molecule has 1 aromatic heterocycles. The highest BCUT2D eigenvalue weighted by Crippen LogP contribution is 2.07. The molecular weight excluding hydrogens is 246 g/mol. The molecule has 0 saturated heterocycles. The van der Waals surface area contributed by atoms with E-state index in [1.165, 1.54) is 0 Å². The molecule has 1 aromatic carbocycles. The Bertz CT molecular complexity index is 533. The first kappa shape index (κ1) is 12.7. The lowest BCUT2D eigenvalue weighted by Crippen LogP contribution is -2.26. The minimum Gasteiger partial charge on any atom is -0.352 e. The van der Waals surface area contributed by atoms with E-state index in [1.54, 1.807) is 30.5 Å². The summed E-state index contributed by atoms with van der Waals surface area (Å²) in [6, 6.07) is 9.09. The topological polar surface area (TPSA) is 46.9 Å². The lowest BCUT2D eigenvalue weighted by molar-refractivity contribution is 0.0954. The van der Waals surface area contributed by atoms with Crippen LogP contribution in [0.2, 0.25) is 0 Å². The molecular formula is C13H15N3OS. The highest BCUT2D eigenvalue weighted by Gasteiger charge is 2.05. The zero-order valence-electron chi connectivity index (χ0n) is 10.1. The standard InChI is InChI=1S/C13H15N3OS/c1-16-11(7-9-15-16)6-8-14-13(17)10-2-4-12(18)5-3-10/h2-5,7,9,18H,6,8H2,1H3,(H,14,17). The average molecular weight is 261 g/mol. The third-order valence-corrected chi connectivity index (χ3v) is 3.02. The number of nitrogens with zero attached hydrogens (tertiary/aromatic N) is 2. The minimum absolute atomic E-state index is 0.0644. The number of rotatable bonds is 4. The van der Waals surface area contributed by atoms with Crippen molar-refractivity contribution < 1.29 is 4.79 Å². The molecule has 1 N–H and O–H groups in total. The van der Waals surface area contributed by atoms with Crippen LogP contribution >= 0.6 is 12.6 Å². The van der Waals surface area contributed by atoms with Crippen molar-refractivity contribution in [2.45, 2.75) is 11.3 Å². The van der Waals surface area contributed by atoms with Crippen molar-refractivity contribution in [3.63, 3.8) is 0 Å². The largest absolute Gasteiger partial charge is 0.352 e. The normalized spacial score (nSPS) is 10.3. The van der Waals surface area contributed by atoms with Gasteiger partial charge in [0.2, 0.25) is 0 Å². The molecule has 18 heavy (non-hydrogen) atoms. The molecule has 0 bridgehead atoms. The molecule has 0 spiro atoms. The van der Waals surface area contributed by atoms with E-state index in [4.69, 9.17) is 0 Å². The summed E-state index contributed by atoms with van der Waals surface area (Å²) < 4.78 is 1.81. The van der Waals surface area contributed by atoms with E-state index in [9.17, 15) is 4.79 Å². The number of hydrogen-bond acceptors (Lipinski definition) is 3. The van der Waals surface area contributed by atoms with Crippen molar-refractivity contribution in [3.05, 3.63) is 47.8 Å². The van der Waals surface area contributed by atoms with Gasteiger partial charge in [-0.1, -0.05) is 0 Å². The predicted octanol–water partition coefficient (Wildman–Crippen LogP) is 1.68. The lowest BCUT2D eigenvalue weighted by atomic mass is 10.2. The highest BCUT2D eigenvalue weighted by atomic mass is 32.1. The fraction of sp³-hybridized carbons (Fsp3) is 0.231. The van der Waals surface area contributed by atoms with Gasteiger partial charge in [0.15, 0.2) is 0 Å². The zero-order valence-corrected chi connectivity index (χ0v) is 11.0. The summed E-state index contributed by atoms with van der Waals surface area (Å²) in [5, 5.41) is 6.96. The van der Waals surface area contributed by atoms with E-state index in [2.05, 4.69) is 23.0 Å². The summed E-state index contributed by atoms with van der Waals surface area (Å²) in [5.74, 6) is -0.0644. The third-order valence-electron chi connectivity index (χ3n) is 2.72. The Labute approximate surface area is 111 Å². The number of nitrogens with one attached hydrogen (secondary N) is 1. The maximum Gasteiger partial charge on any atom is 0.251 e. The van der Waals surface area contributed by atoms with E-state index >= 15 is 0 Å². The molecule has 2 aromatic rings. The molecule has 0 radical (unpaired) electrons. The van der Waals surface area contributed by atoms with Gasteiger partial charge in [-0.15, -0.1) is 12.6 Å². The van der Waals surface area contributed by atoms with Gasteiger partial charge in [0.25, 0.3) is 5.91 Å². The molecule has 5 heteroatoms. The second kappa shape index (κ2) is 5.73. The number of thiol groups is 1. The first-order chi connectivity index (χ1) is 8.66. The first-order valence-electron chi connectivity index (χ1n) is 5.71. The van der Waals surface area contributed by atoms with Crippen LogP contribution in [0, 0.1) is 0 Å². The molecule has 4 nitrogen and oxygen atoms in total. The maximum atomic E-state index is 11.8. The average Bonchev–Trinajstić information content (AvgIpc) is 2.76. The zero-order chi connectivity index (χ0) is 13.0. The number of amides is 1. The van der Waals surface area contributed by atoms with Gasteiger partial charge in [-0.25, -0.2) is 0 Å². The maximum absolute atomic E-state index is 11.8. The van der Waals surface area contributed by atoms with Crippen molar-refractivity contribution in [1.82, 2.24) is 15.1 Å². The quantitative estimate of drug-likeness (QED) is 0.823. The molecule has 94 valence electrons. The number of hydrogen-bond donors (Lipinski definition) is 2. The molecule has 0 aliphatic carbocycles. The SMILES string of the molecule is Cn1nccc1CCNC(=O)c1ccc(S)cc1. The van der Waals surface area contributed by atoms with E-state index in [0.717, 1.165) is 17.0 Å². The van der Waals surface area contributed by atoms with Gasteiger partial charge in [0, 0.05) is 42.4 Å². The second-order valence-corrected chi connectivity index (χ2v) is 4.52. The van der Waals surface area contributed by atoms with Crippen molar-refractivity contribution in [2.24, 2.45) is 7.05 Å². The Kier molecular flexibility index (Phi) is 4.04. The summed E-state index contributed by atoms with van der Waals surface area (Å²) in [5.41, 5.74) is 1.75. The molecule has 0 atom stereocenters. The summed E-state index contributed by atoms with van der Waals surface area (Å²) in [4.78, 5) is 12.7. The van der Waals surface area contributed by atoms with Gasteiger partial charge in [0.1, 0.15) is 0 Å². The van der Waals surface area contributed by atoms with Crippen LogP contribution in [0.25, 0.3) is 0 Å². The summed E-state index contributed by atoms with van der Waals surface area (Å²) >= 11 is 4.18. The molecule has 0 aliphatic rings. The Morgan fingerprint density at radius 3 is 2.67 bits per heavy atom. The Balaban J connectivity index is 1.85. The number of carbonyl (C=O) groups excluding carboxylic acids is 1. The van der Waals surface area contributed by atoms with Crippen LogP contribution in [0.1, 0.15) is 16.1 Å². The van der Waals surface area contributed by atoms with Crippen molar-refractivity contribution in [3.8, 4) is 0 Å². The van der Waals surface area contributed by atoms with Gasteiger partial charge in [-0.05, 0) is 30.3 Å². The van der Waals surface area contributed by atoms with Gasteiger partial charge >= 0.3 is 0 Å². The van der Waals surface area contributed by atoms with Crippen LogP contribution in [-0.4, -0.2) is 22.2 Å². The van der Waals surface area contributed by atoms with Crippen LogP contribution < -0.4 is 5.32 Å². The van der Waals surface area contributed by atoms with E-state index < -0.39 is 0 Å². The Morgan fingerprint density at radius 1 is 1.33 bits per heavy atom. The van der Waals surface area contributed by atoms with Crippen molar-refractivity contribution in [1.29, 1.82) is 0 Å². The third kappa shape index (κ3) is 3.13. The lowest BCUT2D eigenvalue weighted by Gasteiger charge is -2.05. The van der Waals surface area contributed by atoms with Gasteiger partial charge < -0.3 is 5.32 Å². The molecule has 0 fully saturated rings. The first-order valence-corrected chi connectivity index (χ1v) is 6.15. The van der Waals surface area contributed by atoms with Crippen LogP contribution in [-0.2, 0) is 13.5 Å². The Hall–Kier alpha value is -1.75. The van der Waals surface area contributed by atoms with Gasteiger partial charge in [0.05, 0.1) is 0 Å². The summed E-state index contributed by atoms with van der Waals surface area (Å²) in [6.45, 7) is 0.598. The molecule has 1 heterocycles. The number of aromatic nitrogens is 2. The van der Waals surface area contributed by atoms with E-state index in [0.29, 0.717) is 12.1 Å². The molecule has 1 amide bonds. The Morgan fingerprint density at radius 2 is 2.06 bits per heavy atom. The smallest absolute Gasteiger partial charge is 0.251 e. The fourth-order valence-corrected chi connectivity index (χ4v) is 1.81. The van der Waals surface area contributed by atoms with Gasteiger partial charge in [-0.2, -0.15) is 5.10 Å². The number of benzene rings is 1. The molecule has 2 rings (SSSR count). The molecule has 0 unspecified atom stereocenters. The summed E-state index contributed by atoms with van der Waals surface area (Å²) in [6.07, 6.45) is 2.52. The van der Waals surface area contributed by atoms with E-state index in [1.807, 2.05) is 17.8 Å². The monoisotopic (exact) mass is 261 g/mol. The van der Waals surface area contributed by atoms with Crippen LogP contribution in [0.15, 0.2) is 41.4 Å². The summed E-state index contributed by atoms with van der Waals surface area (Å²) in [7, 11) is 1.89. The number of carbonyl (C=O) groups is 1. The highest BCUT2D eigenvalue weighted by molar-refractivity contribution is 7.80. The molecule has 0 aliphatic heterocycles. The van der Waals surface area contributed by atoms with Crippen LogP contribution in [0.4, 0.5) is 0 Å². The van der Waals surface area contributed by atoms with Crippen molar-refractivity contribution >= 4 is 18.5 Å². The van der Waals surface area contributed by atoms with Crippen LogP contribution in [0.3, 0.4) is 0 Å².